The van der Waals surface area contributed by atoms with E-state index in [0.717, 1.165) is 5.56 Å². The first-order valence-electron chi connectivity index (χ1n) is 4.66. The molecule has 0 unspecified atom stereocenters. The number of hydrogen-bond donors (Lipinski definition) is 1. The molecule has 80 valence electrons. The lowest BCUT2D eigenvalue weighted by atomic mass is 10.2. The molecule has 1 aromatic rings. The molecule has 4 heteroatoms. The first-order chi connectivity index (χ1) is 7.18. The van der Waals surface area contributed by atoms with Gasteiger partial charge in [0.15, 0.2) is 5.12 Å². The minimum Gasteiger partial charge on any atom is -0.370 e. The van der Waals surface area contributed by atoms with Gasteiger partial charge in [-0.2, -0.15) is 0 Å². The minimum atomic E-state index is -0.427. The number of amides is 1. The van der Waals surface area contributed by atoms with Crippen LogP contribution >= 0.6 is 11.8 Å². The fraction of sp³-hybridized carbons (Fsp3) is 0.273. The van der Waals surface area contributed by atoms with Gasteiger partial charge in [-0.15, -0.1) is 0 Å². The van der Waals surface area contributed by atoms with Crippen LogP contribution in [0.25, 0.3) is 0 Å². The summed E-state index contributed by atoms with van der Waals surface area (Å²) in [6, 6.07) is 9.74. The summed E-state index contributed by atoms with van der Waals surface area (Å²) >= 11 is 1.22. The molecule has 0 radical (unpaired) electrons. The zero-order valence-corrected chi connectivity index (χ0v) is 9.13. The molecule has 2 N–H and O–H groups in total. The Bertz CT molecular complexity index is 338. The molecule has 1 rings (SSSR count). The van der Waals surface area contributed by atoms with Crippen molar-refractivity contribution in [1.29, 1.82) is 0 Å². The lowest BCUT2D eigenvalue weighted by Gasteiger charge is -1.99. The van der Waals surface area contributed by atoms with Gasteiger partial charge in [-0.3, -0.25) is 9.59 Å². The van der Waals surface area contributed by atoms with E-state index in [4.69, 9.17) is 5.73 Å². The Balaban J connectivity index is 2.26. The average Bonchev–Trinajstić information content (AvgIpc) is 2.25. The number of benzene rings is 1. The van der Waals surface area contributed by atoms with Crippen molar-refractivity contribution in [2.45, 2.75) is 18.6 Å². The van der Waals surface area contributed by atoms with Crippen molar-refractivity contribution in [3.05, 3.63) is 35.9 Å². The van der Waals surface area contributed by atoms with Gasteiger partial charge >= 0.3 is 0 Å². The summed E-state index contributed by atoms with van der Waals surface area (Å²) in [5, 5.41) is 0.0117. The molecule has 0 heterocycles. The standard InChI is InChI=1S/C11H13NO2S/c12-10(13)6-7-11(14)15-8-9-4-2-1-3-5-9/h1-5H,6-8H2,(H2,12,13). The number of thioether (sulfide) groups is 1. The Morgan fingerprint density at radius 2 is 1.80 bits per heavy atom. The Morgan fingerprint density at radius 3 is 2.40 bits per heavy atom. The first-order valence-corrected chi connectivity index (χ1v) is 5.65. The molecular formula is C11H13NO2S. The molecule has 0 atom stereocenters. The normalized spacial score (nSPS) is 9.87. The van der Waals surface area contributed by atoms with Crippen LogP contribution in [0.4, 0.5) is 0 Å². The smallest absolute Gasteiger partial charge is 0.217 e. The van der Waals surface area contributed by atoms with Crippen molar-refractivity contribution in [3.8, 4) is 0 Å². The number of primary amides is 1. The van der Waals surface area contributed by atoms with Crippen LogP contribution in [-0.2, 0) is 15.3 Å². The predicted octanol–water partition coefficient (Wildman–Crippen LogP) is 1.71. The van der Waals surface area contributed by atoms with Crippen molar-refractivity contribution in [2.75, 3.05) is 0 Å². The van der Waals surface area contributed by atoms with E-state index in [1.165, 1.54) is 11.8 Å². The topological polar surface area (TPSA) is 60.2 Å². The van der Waals surface area contributed by atoms with E-state index in [0.29, 0.717) is 5.75 Å². The number of rotatable bonds is 5. The van der Waals surface area contributed by atoms with E-state index in [9.17, 15) is 9.59 Å². The molecule has 0 aromatic heterocycles. The van der Waals surface area contributed by atoms with Gasteiger partial charge in [0.05, 0.1) is 0 Å². The van der Waals surface area contributed by atoms with Crippen LogP contribution in [0.5, 0.6) is 0 Å². The molecule has 0 spiro atoms. The third-order valence-electron chi connectivity index (χ3n) is 1.82. The fourth-order valence-electron chi connectivity index (χ4n) is 1.04. The average molecular weight is 223 g/mol. The highest BCUT2D eigenvalue weighted by atomic mass is 32.2. The second kappa shape index (κ2) is 6.24. The van der Waals surface area contributed by atoms with Crippen LogP contribution in [0.1, 0.15) is 18.4 Å². The van der Waals surface area contributed by atoms with Gasteiger partial charge < -0.3 is 5.73 Å². The number of nitrogens with two attached hydrogens (primary N) is 1. The van der Waals surface area contributed by atoms with Crippen LogP contribution in [0.15, 0.2) is 30.3 Å². The lowest BCUT2D eigenvalue weighted by Crippen LogP contribution is -2.11. The van der Waals surface area contributed by atoms with Gasteiger partial charge in [0.2, 0.25) is 5.91 Å². The molecule has 0 saturated heterocycles. The van der Waals surface area contributed by atoms with Gasteiger partial charge in [0.1, 0.15) is 0 Å². The van der Waals surface area contributed by atoms with Crippen LogP contribution in [0.2, 0.25) is 0 Å². The molecular weight excluding hydrogens is 210 g/mol. The van der Waals surface area contributed by atoms with E-state index >= 15 is 0 Å². The van der Waals surface area contributed by atoms with Crippen LogP contribution in [-0.4, -0.2) is 11.0 Å². The Kier molecular flexibility index (Phi) is 4.90. The summed E-state index contributed by atoms with van der Waals surface area (Å²) in [4.78, 5) is 21.7. The quantitative estimate of drug-likeness (QED) is 0.826. The fourth-order valence-corrected chi connectivity index (χ4v) is 1.80. The second-order valence-electron chi connectivity index (χ2n) is 3.11. The van der Waals surface area contributed by atoms with Crippen LogP contribution < -0.4 is 5.73 Å². The highest BCUT2D eigenvalue weighted by molar-refractivity contribution is 8.12. The maximum Gasteiger partial charge on any atom is 0.217 e. The van der Waals surface area contributed by atoms with E-state index in [1.54, 1.807) is 0 Å². The Hall–Kier alpha value is -1.29. The zero-order chi connectivity index (χ0) is 11.1. The molecule has 0 aliphatic heterocycles. The van der Waals surface area contributed by atoms with Gasteiger partial charge in [-0.25, -0.2) is 0 Å². The summed E-state index contributed by atoms with van der Waals surface area (Å²) in [6.45, 7) is 0. The molecule has 0 aliphatic carbocycles. The van der Waals surface area contributed by atoms with Gasteiger partial charge in [-0.1, -0.05) is 42.1 Å². The molecule has 15 heavy (non-hydrogen) atoms. The Morgan fingerprint density at radius 1 is 1.13 bits per heavy atom. The molecule has 0 saturated carbocycles. The molecule has 0 aliphatic rings. The SMILES string of the molecule is NC(=O)CCC(=O)SCc1ccccc1. The third-order valence-corrected chi connectivity index (χ3v) is 2.82. The molecule has 0 fully saturated rings. The van der Waals surface area contributed by atoms with Gasteiger partial charge in [0.25, 0.3) is 0 Å². The van der Waals surface area contributed by atoms with E-state index in [-0.39, 0.29) is 18.0 Å². The van der Waals surface area contributed by atoms with E-state index in [1.807, 2.05) is 30.3 Å². The molecule has 1 amide bonds. The number of carbonyl (C=O) groups excluding carboxylic acids is 2. The highest BCUT2D eigenvalue weighted by Crippen LogP contribution is 2.14. The van der Waals surface area contributed by atoms with Crippen molar-refractivity contribution >= 4 is 22.8 Å². The largest absolute Gasteiger partial charge is 0.370 e. The maximum absolute atomic E-state index is 11.3. The summed E-state index contributed by atoms with van der Waals surface area (Å²) in [6.07, 6.45) is 0.369. The molecule has 0 bridgehead atoms. The minimum absolute atomic E-state index is 0.0117. The van der Waals surface area contributed by atoms with Crippen molar-refractivity contribution < 1.29 is 9.59 Å². The molecule has 1 aromatic carbocycles. The van der Waals surface area contributed by atoms with Gasteiger partial charge in [0, 0.05) is 18.6 Å². The summed E-state index contributed by atoms with van der Waals surface area (Å²) in [5.74, 6) is 0.224. The predicted molar refractivity (Wildman–Crippen MR) is 61.2 cm³/mol. The highest BCUT2D eigenvalue weighted by Gasteiger charge is 2.05. The molecule has 3 nitrogen and oxygen atoms in total. The summed E-state index contributed by atoms with van der Waals surface area (Å²) < 4.78 is 0. The van der Waals surface area contributed by atoms with E-state index < -0.39 is 5.91 Å². The number of hydrogen-bond acceptors (Lipinski definition) is 3. The van der Waals surface area contributed by atoms with Crippen LogP contribution in [0, 0.1) is 0 Å². The van der Waals surface area contributed by atoms with Gasteiger partial charge in [-0.05, 0) is 5.56 Å². The van der Waals surface area contributed by atoms with Crippen LogP contribution in [0.3, 0.4) is 0 Å². The van der Waals surface area contributed by atoms with Crippen molar-refractivity contribution in [3.63, 3.8) is 0 Å². The summed E-state index contributed by atoms with van der Waals surface area (Å²) in [5.41, 5.74) is 6.05. The second-order valence-corrected chi connectivity index (χ2v) is 4.15. The monoisotopic (exact) mass is 223 g/mol. The maximum atomic E-state index is 11.3. The lowest BCUT2D eigenvalue weighted by molar-refractivity contribution is -0.120. The first kappa shape index (κ1) is 11.8. The number of carbonyl (C=O) groups is 2. The Labute approximate surface area is 93.0 Å². The third kappa shape index (κ3) is 5.22. The van der Waals surface area contributed by atoms with E-state index in [2.05, 4.69) is 0 Å². The van der Waals surface area contributed by atoms with Crippen molar-refractivity contribution in [1.82, 2.24) is 0 Å². The van der Waals surface area contributed by atoms with Crippen molar-refractivity contribution in [2.24, 2.45) is 5.73 Å². The zero-order valence-electron chi connectivity index (χ0n) is 8.31. The summed E-state index contributed by atoms with van der Waals surface area (Å²) in [7, 11) is 0.